The molecular weight excluding hydrogens is 267 g/mol. The summed E-state index contributed by atoms with van der Waals surface area (Å²) < 4.78 is 12.9. The Kier molecular flexibility index (Phi) is 3.99. The van der Waals surface area contributed by atoms with Crippen LogP contribution in [0.15, 0.2) is 36.5 Å². The summed E-state index contributed by atoms with van der Waals surface area (Å²) >= 11 is 0. The molecule has 1 aliphatic rings. The molecule has 1 N–H and O–H groups in total. The van der Waals surface area contributed by atoms with E-state index in [0.29, 0.717) is 11.9 Å². The number of rotatable bonds is 4. The van der Waals surface area contributed by atoms with Gasteiger partial charge >= 0.3 is 0 Å². The third kappa shape index (κ3) is 3.48. The van der Waals surface area contributed by atoms with Crippen LogP contribution in [0.2, 0.25) is 0 Å². The first-order valence-electron chi connectivity index (χ1n) is 7.25. The smallest absolute Gasteiger partial charge is 0.222 e. The molecule has 1 aromatic carbocycles. The fourth-order valence-corrected chi connectivity index (χ4v) is 2.66. The molecule has 1 aliphatic heterocycles. The topological polar surface area (TPSA) is 41.1 Å². The van der Waals surface area contributed by atoms with Crippen LogP contribution in [0.4, 0.5) is 16.0 Å². The highest BCUT2D eigenvalue weighted by Crippen LogP contribution is 2.24. The second kappa shape index (κ2) is 6.08. The van der Waals surface area contributed by atoms with Crippen LogP contribution in [0.5, 0.6) is 0 Å². The predicted molar refractivity (Wildman–Crippen MR) is 82.0 cm³/mol. The van der Waals surface area contributed by atoms with Gasteiger partial charge in [0, 0.05) is 37.2 Å². The minimum atomic E-state index is -0.187. The maximum atomic E-state index is 12.9. The van der Waals surface area contributed by atoms with Gasteiger partial charge < -0.3 is 10.2 Å². The highest BCUT2D eigenvalue weighted by Gasteiger charge is 2.22. The van der Waals surface area contributed by atoms with Crippen molar-refractivity contribution in [1.82, 2.24) is 9.97 Å². The summed E-state index contributed by atoms with van der Waals surface area (Å²) in [7, 11) is 0. The second-order valence-electron chi connectivity index (χ2n) is 5.48. The van der Waals surface area contributed by atoms with E-state index in [0.717, 1.165) is 37.4 Å². The van der Waals surface area contributed by atoms with Crippen LogP contribution in [-0.2, 0) is 0 Å². The zero-order valence-corrected chi connectivity index (χ0v) is 12.1. The Balaban J connectivity index is 1.54. The molecule has 1 saturated heterocycles. The lowest BCUT2D eigenvalue weighted by molar-refractivity contribution is 0.619. The molecule has 21 heavy (non-hydrogen) atoms. The number of anilines is 2. The molecule has 0 amide bonds. The van der Waals surface area contributed by atoms with E-state index in [1.165, 1.54) is 12.1 Å². The maximum absolute atomic E-state index is 12.9. The summed E-state index contributed by atoms with van der Waals surface area (Å²) in [5.74, 6) is 1.06. The molecule has 110 valence electrons. The average molecular weight is 286 g/mol. The van der Waals surface area contributed by atoms with Crippen LogP contribution < -0.4 is 10.2 Å². The summed E-state index contributed by atoms with van der Waals surface area (Å²) in [5.41, 5.74) is 2.05. The summed E-state index contributed by atoms with van der Waals surface area (Å²) in [5, 5.41) is 3.30. The molecule has 1 aromatic heterocycles. The lowest BCUT2D eigenvalue weighted by Crippen LogP contribution is -2.22. The lowest BCUT2D eigenvalue weighted by Gasteiger charge is -2.18. The average Bonchev–Trinajstić information content (AvgIpc) is 2.95. The second-order valence-corrected chi connectivity index (χ2v) is 5.48. The van der Waals surface area contributed by atoms with Gasteiger partial charge in [0.1, 0.15) is 5.82 Å². The van der Waals surface area contributed by atoms with E-state index in [2.05, 4.69) is 20.2 Å². The molecule has 1 fully saturated rings. The number of hydrogen-bond donors (Lipinski definition) is 1. The summed E-state index contributed by atoms with van der Waals surface area (Å²) in [6.45, 7) is 4.80. The Morgan fingerprint density at radius 2 is 2.10 bits per heavy atom. The Hall–Kier alpha value is -2.17. The molecular formula is C16H19FN4. The van der Waals surface area contributed by atoms with Crippen LogP contribution in [0.1, 0.15) is 12.1 Å². The highest BCUT2D eigenvalue weighted by atomic mass is 19.1. The van der Waals surface area contributed by atoms with Crippen molar-refractivity contribution in [2.75, 3.05) is 29.9 Å². The van der Waals surface area contributed by atoms with Crippen LogP contribution >= 0.6 is 0 Å². The SMILES string of the molecule is Cc1ccnc(NC[C@H]2CCN(c3ccc(F)cc3)C2)n1. The Morgan fingerprint density at radius 1 is 1.29 bits per heavy atom. The van der Waals surface area contributed by atoms with Crippen LogP contribution in [0.3, 0.4) is 0 Å². The summed E-state index contributed by atoms with van der Waals surface area (Å²) in [4.78, 5) is 10.8. The van der Waals surface area contributed by atoms with Gasteiger partial charge in [0.15, 0.2) is 0 Å². The fraction of sp³-hybridized carbons (Fsp3) is 0.375. The first-order chi connectivity index (χ1) is 10.2. The Morgan fingerprint density at radius 3 is 2.86 bits per heavy atom. The van der Waals surface area contributed by atoms with E-state index >= 15 is 0 Å². The van der Waals surface area contributed by atoms with Gasteiger partial charge in [-0.2, -0.15) is 0 Å². The van der Waals surface area contributed by atoms with Crippen LogP contribution in [0.25, 0.3) is 0 Å². The number of aromatic nitrogens is 2. The highest BCUT2D eigenvalue weighted by molar-refractivity contribution is 5.47. The molecule has 1 atom stereocenters. The van der Waals surface area contributed by atoms with E-state index in [4.69, 9.17) is 0 Å². The minimum absolute atomic E-state index is 0.187. The molecule has 0 radical (unpaired) electrons. The van der Waals surface area contributed by atoms with Crippen molar-refractivity contribution >= 4 is 11.6 Å². The number of halogens is 1. The minimum Gasteiger partial charge on any atom is -0.371 e. The Labute approximate surface area is 124 Å². The first kappa shape index (κ1) is 13.8. The van der Waals surface area contributed by atoms with Gasteiger partial charge in [-0.3, -0.25) is 0 Å². The summed E-state index contributed by atoms with van der Waals surface area (Å²) in [6, 6.07) is 8.60. The zero-order chi connectivity index (χ0) is 14.7. The molecule has 3 rings (SSSR count). The fourth-order valence-electron chi connectivity index (χ4n) is 2.66. The molecule has 0 aliphatic carbocycles. The molecule has 2 aromatic rings. The van der Waals surface area contributed by atoms with Crippen molar-refractivity contribution < 1.29 is 4.39 Å². The standard InChI is InChI=1S/C16H19FN4/c1-12-6-8-18-16(20-12)19-10-13-7-9-21(11-13)15-4-2-14(17)3-5-15/h2-6,8,13H,7,9-11H2,1H3,(H,18,19,20)/t13-/m1/s1. The molecule has 5 heteroatoms. The van der Waals surface area contributed by atoms with E-state index in [9.17, 15) is 4.39 Å². The summed E-state index contributed by atoms with van der Waals surface area (Å²) in [6.07, 6.45) is 2.89. The normalized spacial score (nSPS) is 18.0. The van der Waals surface area contributed by atoms with Gasteiger partial charge in [-0.05, 0) is 49.6 Å². The molecule has 0 spiro atoms. The van der Waals surface area contributed by atoms with E-state index in [1.54, 1.807) is 6.20 Å². The van der Waals surface area contributed by atoms with Gasteiger partial charge in [0.25, 0.3) is 0 Å². The van der Waals surface area contributed by atoms with Crippen molar-refractivity contribution in [2.45, 2.75) is 13.3 Å². The molecule has 0 unspecified atom stereocenters. The van der Waals surface area contributed by atoms with Crippen molar-refractivity contribution in [3.8, 4) is 0 Å². The van der Waals surface area contributed by atoms with Gasteiger partial charge in [-0.15, -0.1) is 0 Å². The number of hydrogen-bond acceptors (Lipinski definition) is 4. The van der Waals surface area contributed by atoms with Gasteiger partial charge in [0.05, 0.1) is 0 Å². The van der Waals surface area contributed by atoms with Gasteiger partial charge in [0.2, 0.25) is 5.95 Å². The van der Waals surface area contributed by atoms with E-state index in [-0.39, 0.29) is 5.82 Å². The molecule has 0 saturated carbocycles. The van der Waals surface area contributed by atoms with Crippen molar-refractivity contribution in [3.05, 3.63) is 48.0 Å². The van der Waals surface area contributed by atoms with Crippen LogP contribution in [-0.4, -0.2) is 29.6 Å². The maximum Gasteiger partial charge on any atom is 0.222 e. The molecule has 2 heterocycles. The van der Waals surface area contributed by atoms with Gasteiger partial charge in [-0.1, -0.05) is 0 Å². The van der Waals surface area contributed by atoms with Gasteiger partial charge in [-0.25, -0.2) is 14.4 Å². The number of benzene rings is 1. The monoisotopic (exact) mass is 286 g/mol. The quantitative estimate of drug-likeness (QED) is 0.938. The van der Waals surface area contributed by atoms with Crippen molar-refractivity contribution in [2.24, 2.45) is 5.92 Å². The number of nitrogens with zero attached hydrogens (tertiary/aromatic N) is 3. The predicted octanol–water partition coefficient (Wildman–Crippen LogP) is 2.86. The third-order valence-electron chi connectivity index (χ3n) is 3.82. The number of aryl methyl sites for hydroxylation is 1. The Bertz CT molecular complexity index is 599. The van der Waals surface area contributed by atoms with Crippen LogP contribution in [0, 0.1) is 18.7 Å². The number of nitrogens with one attached hydrogen (secondary N) is 1. The molecule has 4 nitrogen and oxygen atoms in total. The van der Waals surface area contributed by atoms with Crippen molar-refractivity contribution in [1.29, 1.82) is 0 Å². The van der Waals surface area contributed by atoms with Crippen molar-refractivity contribution in [3.63, 3.8) is 0 Å². The first-order valence-corrected chi connectivity index (χ1v) is 7.25. The molecule has 0 bridgehead atoms. The lowest BCUT2D eigenvalue weighted by atomic mass is 10.1. The zero-order valence-electron chi connectivity index (χ0n) is 12.1. The van der Waals surface area contributed by atoms with E-state index < -0.39 is 0 Å². The largest absolute Gasteiger partial charge is 0.371 e. The third-order valence-corrected chi connectivity index (χ3v) is 3.82. The van der Waals surface area contributed by atoms with E-state index in [1.807, 2.05) is 25.1 Å².